The van der Waals surface area contributed by atoms with E-state index in [1.807, 2.05) is 36.1 Å². The minimum atomic E-state index is -0.314. The summed E-state index contributed by atoms with van der Waals surface area (Å²) in [7, 11) is 2.18. The van der Waals surface area contributed by atoms with Crippen LogP contribution in [0.2, 0.25) is 0 Å². The van der Waals surface area contributed by atoms with Gasteiger partial charge in [-0.2, -0.15) is 0 Å². The van der Waals surface area contributed by atoms with Crippen LogP contribution < -0.4 is 10.1 Å². The molecular formula is C31H37N5O4S. The Kier molecular flexibility index (Phi) is 9.43. The number of hydrogen-bond acceptors (Lipinski definition) is 8. The molecule has 0 bridgehead atoms. The lowest BCUT2D eigenvalue weighted by Crippen LogP contribution is -2.47. The molecule has 2 saturated heterocycles. The molecule has 0 spiro atoms. The first-order valence-corrected chi connectivity index (χ1v) is 15.0. The van der Waals surface area contributed by atoms with Crippen LogP contribution in [-0.2, 0) is 9.59 Å². The highest BCUT2D eigenvalue weighted by atomic mass is 32.1. The number of carbonyl (C=O) groups is 3. The van der Waals surface area contributed by atoms with Crippen molar-refractivity contribution in [2.24, 2.45) is 0 Å². The first kappa shape index (κ1) is 28.9. The smallest absolute Gasteiger partial charge is 0.264 e. The van der Waals surface area contributed by atoms with Crippen LogP contribution in [0, 0.1) is 6.92 Å². The molecule has 1 aromatic heterocycles. The summed E-state index contributed by atoms with van der Waals surface area (Å²) in [6, 6.07) is 13.3. The number of allylic oxidation sites excluding steroid dienone is 1. The Bertz CT molecular complexity index is 1400. The summed E-state index contributed by atoms with van der Waals surface area (Å²) in [6.45, 7) is 7.51. The number of aromatic nitrogens is 1. The van der Waals surface area contributed by atoms with Gasteiger partial charge in [0.2, 0.25) is 5.91 Å². The predicted molar refractivity (Wildman–Crippen MR) is 162 cm³/mol. The van der Waals surface area contributed by atoms with E-state index in [-0.39, 0.29) is 24.2 Å². The second-order valence-electron chi connectivity index (χ2n) is 10.7. The monoisotopic (exact) mass is 575 g/mol. The van der Waals surface area contributed by atoms with E-state index < -0.39 is 0 Å². The summed E-state index contributed by atoms with van der Waals surface area (Å²) in [6.07, 6.45) is 5.87. The van der Waals surface area contributed by atoms with Crippen LogP contribution in [0.4, 0.5) is 5.13 Å². The Balaban J connectivity index is 1.08. The average Bonchev–Trinajstić information content (AvgIpc) is 3.25. The van der Waals surface area contributed by atoms with Crippen LogP contribution in [0.25, 0.3) is 10.2 Å². The van der Waals surface area contributed by atoms with E-state index in [9.17, 15) is 14.4 Å². The van der Waals surface area contributed by atoms with Gasteiger partial charge in [-0.25, -0.2) is 4.98 Å². The normalized spacial score (nSPS) is 17.6. The molecule has 3 aromatic rings. The van der Waals surface area contributed by atoms with Crippen molar-refractivity contribution in [3.63, 3.8) is 0 Å². The zero-order valence-corrected chi connectivity index (χ0v) is 24.5. The molecule has 2 aromatic carbocycles. The molecule has 1 N–H and O–H groups in total. The molecule has 5 rings (SSSR count). The molecule has 0 unspecified atom stereocenters. The molecule has 0 radical (unpaired) electrons. The number of benzene rings is 2. The standard InChI is InChI=1S/C31H37N5O4S/c1-22-20-24(40-21-29(38)33-31-32-26-6-3-4-7-28(26)41-31)8-9-25(22)27(37)10-11-30(39)36-16-12-23(13-17-36)35-15-5-14-34(2)18-19-35/h3-4,6-11,20,23H,5,12-19,21H2,1-2H3,(H,32,33,38). The summed E-state index contributed by atoms with van der Waals surface area (Å²) in [5, 5.41) is 3.28. The van der Waals surface area contributed by atoms with Crippen molar-refractivity contribution in [1.29, 1.82) is 0 Å². The number of aryl methyl sites for hydroxylation is 1. The molecule has 2 aliphatic heterocycles. The van der Waals surface area contributed by atoms with Gasteiger partial charge in [0, 0.05) is 43.9 Å². The number of ketones is 1. The summed E-state index contributed by atoms with van der Waals surface area (Å²) in [5.41, 5.74) is 2.03. The SMILES string of the molecule is Cc1cc(OCC(=O)Nc2nc3ccccc3s2)ccc1C(=O)C=CC(=O)N1CCC(N2CCCN(C)CC2)CC1. The Morgan fingerprint density at radius 3 is 2.61 bits per heavy atom. The van der Waals surface area contributed by atoms with Crippen LogP contribution >= 0.6 is 11.3 Å². The molecule has 0 saturated carbocycles. The van der Waals surface area contributed by atoms with Gasteiger partial charge in [-0.1, -0.05) is 23.5 Å². The maximum absolute atomic E-state index is 12.8. The number of piperidine rings is 1. The van der Waals surface area contributed by atoms with E-state index in [2.05, 4.69) is 27.1 Å². The van der Waals surface area contributed by atoms with Gasteiger partial charge < -0.3 is 14.5 Å². The average molecular weight is 576 g/mol. The Labute approximate surface area is 244 Å². The second-order valence-corrected chi connectivity index (χ2v) is 11.8. The first-order valence-electron chi connectivity index (χ1n) is 14.2. The molecule has 3 heterocycles. The number of likely N-dealkylation sites (N-methyl/N-ethyl adjacent to an activating group) is 1. The number of rotatable bonds is 8. The number of hydrogen-bond donors (Lipinski definition) is 1. The van der Waals surface area contributed by atoms with Crippen LogP contribution in [0.15, 0.2) is 54.6 Å². The van der Waals surface area contributed by atoms with Crippen molar-refractivity contribution in [2.75, 3.05) is 58.2 Å². The third-order valence-corrected chi connectivity index (χ3v) is 8.75. The van der Waals surface area contributed by atoms with Crippen LogP contribution in [0.5, 0.6) is 5.75 Å². The molecule has 216 valence electrons. The van der Waals surface area contributed by atoms with Crippen LogP contribution in [-0.4, -0.2) is 96.2 Å². The summed E-state index contributed by atoms with van der Waals surface area (Å²) >= 11 is 1.40. The van der Waals surface area contributed by atoms with Gasteiger partial charge in [0.05, 0.1) is 10.2 Å². The molecule has 0 atom stereocenters. The molecule has 0 aliphatic carbocycles. The third kappa shape index (κ3) is 7.58. The number of nitrogens with one attached hydrogen (secondary N) is 1. The van der Waals surface area contributed by atoms with Gasteiger partial charge in [-0.3, -0.25) is 24.6 Å². The summed E-state index contributed by atoms with van der Waals surface area (Å²) in [4.78, 5) is 49.2. The van der Waals surface area contributed by atoms with Gasteiger partial charge in [-0.05, 0) is 88.3 Å². The summed E-state index contributed by atoms with van der Waals surface area (Å²) in [5.74, 6) is -0.187. The number of ether oxygens (including phenoxy) is 1. The van der Waals surface area contributed by atoms with Crippen molar-refractivity contribution in [2.45, 2.75) is 32.2 Å². The lowest BCUT2D eigenvalue weighted by Gasteiger charge is -2.37. The van der Waals surface area contributed by atoms with Crippen molar-refractivity contribution >= 4 is 44.3 Å². The van der Waals surface area contributed by atoms with Crippen molar-refractivity contribution in [3.05, 3.63) is 65.7 Å². The Morgan fingerprint density at radius 2 is 1.83 bits per heavy atom. The third-order valence-electron chi connectivity index (χ3n) is 7.80. The Hall–Kier alpha value is -3.60. The Morgan fingerprint density at radius 1 is 1.02 bits per heavy atom. The lowest BCUT2D eigenvalue weighted by molar-refractivity contribution is -0.127. The number of thiazole rings is 1. The highest BCUT2D eigenvalue weighted by molar-refractivity contribution is 7.22. The largest absolute Gasteiger partial charge is 0.484 e. The number of para-hydroxylation sites is 1. The van der Waals surface area contributed by atoms with Gasteiger partial charge in [0.25, 0.3) is 5.91 Å². The van der Waals surface area contributed by atoms with E-state index >= 15 is 0 Å². The fourth-order valence-corrected chi connectivity index (χ4v) is 6.34. The van der Waals surface area contributed by atoms with E-state index in [0.717, 1.165) is 49.2 Å². The van der Waals surface area contributed by atoms with E-state index in [1.54, 1.807) is 18.2 Å². The maximum Gasteiger partial charge on any atom is 0.264 e. The van der Waals surface area contributed by atoms with E-state index in [4.69, 9.17) is 4.74 Å². The van der Waals surface area contributed by atoms with Crippen LogP contribution in [0.1, 0.15) is 35.2 Å². The number of nitrogens with zero attached hydrogens (tertiary/aromatic N) is 4. The van der Waals surface area contributed by atoms with Gasteiger partial charge in [0.1, 0.15) is 5.75 Å². The number of amides is 2. The molecule has 2 fully saturated rings. The zero-order chi connectivity index (χ0) is 28.8. The molecule has 10 heteroatoms. The van der Waals surface area contributed by atoms with Crippen LogP contribution in [0.3, 0.4) is 0 Å². The molecule has 2 amide bonds. The minimum absolute atomic E-state index is 0.121. The van der Waals surface area contributed by atoms with E-state index in [0.29, 0.717) is 41.1 Å². The van der Waals surface area contributed by atoms with Gasteiger partial charge >= 0.3 is 0 Å². The first-order chi connectivity index (χ1) is 19.9. The predicted octanol–water partition coefficient (Wildman–Crippen LogP) is 3.99. The molecule has 41 heavy (non-hydrogen) atoms. The molecule has 9 nitrogen and oxygen atoms in total. The van der Waals surface area contributed by atoms with Crippen molar-refractivity contribution in [3.8, 4) is 5.75 Å². The second kappa shape index (κ2) is 13.4. The zero-order valence-electron chi connectivity index (χ0n) is 23.7. The number of likely N-dealkylation sites (tertiary alicyclic amines) is 1. The molecule has 2 aliphatic rings. The highest BCUT2D eigenvalue weighted by Crippen LogP contribution is 2.25. The van der Waals surface area contributed by atoms with Crippen molar-refractivity contribution in [1.82, 2.24) is 19.7 Å². The summed E-state index contributed by atoms with van der Waals surface area (Å²) < 4.78 is 6.64. The number of carbonyl (C=O) groups excluding carboxylic acids is 3. The van der Waals surface area contributed by atoms with Gasteiger partial charge in [-0.15, -0.1) is 0 Å². The lowest BCUT2D eigenvalue weighted by atomic mass is 10.0. The number of fused-ring (bicyclic) bond motifs is 1. The molecular weight excluding hydrogens is 538 g/mol. The van der Waals surface area contributed by atoms with Gasteiger partial charge in [0.15, 0.2) is 17.5 Å². The minimum Gasteiger partial charge on any atom is -0.484 e. The van der Waals surface area contributed by atoms with E-state index in [1.165, 1.54) is 29.9 Å². The fraction of sp³-hybridized carbons (Fsp3) is 0.419. The van der Waals surface area contributed by atoms with Crippen molar-refractivity contribution < 1.29 is 19.1 Å². The fourth-order valence-electron chi connectivity index (χ4n) is 5.46. The number of anilines is 1. The maximum atomic E-state index is 12.8. The topological polar surface area (TPSA) is 95.1 Å². The quantitative estimate of drug-likeness (QED) is 0.321. The highest BCUT2D eigenvalue weighted by Gasteiger charge is 2.27.